The lowest BCUT2D eigenvalue weighted by molar-refractivity contribution is 0.660. The summed E-state index contributed by atoms with van der Waals surface area (Å²) >= 11 is 10.8. The first-order valence-corrected chi connectivity index (χ1v) is 39.8. The highest BCUT2D eigenvalue weighted by Gasteiger charge is 2.36. The highest BCUT2D eigenvalue weighted by molar-refractivity contribution is 9.11. The van der Waals surface area contributed by atoms with Gasteiger partial charge < -0.3 is 14.7 Å². The predicted molar refractivity (Wildman–Crippen MR) is 482 cm³/mol. The van der Waals surface area contributed by atoms with Crippen molar-refractivity contribution in [3.05, 3.63) is 461 Å². The van der Waals surface area contributed by atoms with Crippen LogP contribution in [-0.4, -0.2) is 0 Å². The number of anilines is 9. The van der Waals surface area contributed by atoms with Crippen LogP contribution in [0.3, 0.4) is 0 Å². The van der Waals surface area contributed by atoms with Gasteiger partial charge in [0.15, 0.2) is 0 Å². The third-order valence-corrected chi connectivity index (χ3v) is 22.1. The van der Waals surface area contributed by atoms with Gasteiger partial charge in [0.05, 0.1) is 0 Å². The molecule has 0 N–H and O–H groups in total. The standard InChI is InChI=1S/C39H30BrN.C36H26BrN.C30H22BrN/c1-39(2)37-14-7-6-13-35(37)36-24-23-34(26-38(36)39)41(32-19-15-28(16-20-32)27-9-4-3-5-10-27)33-21-17-29(18-22-33)30-11-8-12-31(40)25-30;37-33-13-7-12-32(26-33)31-18-24-36(25-19-31)38(34-20-14-29(15-21-34)27-8-3-1-4-9-27)35-22-16-30(17-23-35)28-10-5-2-6-11-28;31-27-12-7-13-30(22-27)32(28-18-14-25(15-19-28)23-8-3-1-4-9-23)29-20-16-26(17-21-29)24-10-5-2-6-11-24/h3-26H,1-2H3;1-26H;1-22H. The van der Waals surface area contributed by atoms with E-state index in [9.17, 15) is 0 Å². The van der Waals surface area contributed by atoms with Gasteiger partial charge in [0, 0.05) is 70.0 Å². The minimum Gasteiger partial charge on any atom is -0.311 e. The van der Waals surface area contributed by atoms with Gasteiger partial charge in [0.2, 0.25) is 0 Å². The summed E-state index contributed by atoms with van der Waals surface area (Å²) < 4.78 is 3.22. The number of fused-ring (bicyclic) bond motifs is 3. The van der Waals surface area contributed by atoms with Crippen LogP contribution in [0.4, 0.5) is 51.2 Å². The fraction of sp³-hybridized carbons (Fsp3) is 0.0286. The van der Waals surface area contributed by atoms with Crippen molar-refractivity contribution in [2.24, 2.45) is 0 Å². The molecule has 0 atom stereocenters. The molecular weight excluding hydrogens is 1540 g/mol. The van der Waals surface area contributed by atoms with Gasteiger partial charge in [0.25, 0.3) is 0 Å². The van der Waals surface area contributed by atoms with Crippen LogP contribution in [0.2, 0.25) is 0 Å². The molecule has 0 radical (unpaired) electrons. The van der Waals surface area contributed by atoms with E-state index in [1.807, 2.05) is 12.1 Å². The Morgan fingerprint density at radius 2 is 0.378 bits per heavy atom. The van der Waals surface area contributed by atoms with Crippen molar-refractivity contribution in [1.82, 2.24) is 0 Å². The molecule has 17 aromatic carbocycles. The van der Waals surface area contributed by atoms with Crippen molar-refractivity contribution < 1.29 is 0 Å². The summed E-state index contributed by atoms with van der Waals surface area (Å²) in [5.41, 5.74) is 32.4. The smallest absolute Gasteiger partial charge is 0.0472 e. The second-order valence-corrected chi connectivity index (χ2v) is 30.8. The fourth-order valence-corrected chi connectivity index (χ4v) is 16.1. The van der Waals surface area contributed by atoms with E-state index in [4.69, 9.17) is 0 Å². The molecule has 3 nitrogen and oxygen atoms in total. The first-order valence-electron chi connectivity index (χ1n) is 37.4. The van der Waals surface area contributed by atoms with Crippen LogP contribution in [0, 0.1) is 0 Å². The van der Waals surface area contributed by atoms with Crippen LogP contribution >= 0.6 is 47.8 Å². The van der Waals surface area contributed by atoms with Crippen LogP contribution < -0.4 is 14.7 Å². The molecule has 0 aromatic heterocycles. The predicted octanol–water partition coefficient (Wildman–Crippen LogP) is 31.7. The zero-order chi connectivity index (χ0) is 75.5. The van der Waals surface area contributed by atoms with Crippen LogP contribution in [0.1, 0.15) is 25.0 Å². The van der Waals surface area contributed by atoms with E-state index in [1.165, 1.54) is 100 Å². The van der Waals surface area contributed by atoms with Gasteiger partial charge in [-0.3, -0.25) is 0 Å². The average Bonchev–Trinajstić information content (AvgIpc) is 1.59. The van der Waals surface area contributed by atoms with Gasteiger partial charge in [-0.1, -0.05) is 359 Å². The zero-order valence-corrected chi connectivity index (χ0v) is 66.3. The number of rotatable bonds is 16. The largest absolute Gasteiger partial charge is 0.311 e. The zero-order valence-electron chi connectivity index (χ0n) is 61.5. The molecule has 0 spiro atoms. The average molecular weight is 1620 g/mol. The Bertz CT molecular complexity index is 5780. The molecule has 1 aliphatic rings. The molecule has 1 aliphatic carbocycles. The maximum absolute atomic E-state index is 3.63. The Labute approximate surface area is 677 Å². The minimum absolute atomic E-state index is 0.0602. The second kappa shape index (κ2) is 33.6. The number of hydrogen-bond donors (Lipinski definition) is 0. The summed E-state index contributed by atoms with van der Waals surface area (Å²) in [6, 6.07) is 155. The third kappa shape index (κ3) is 16.6. The molecule has 0 fully saturated rings. The van der Waals surface area contributed by atoms with Crippen LogP contribution in [-0.2, 0) is 5.41 Å². The van der Waals surface area contributed by atoms with Crippen molar-refractivity contribution in [1.29, 1.82) is 0 Å². The molecule has 0 saturated heterocycles. The highest BCUT2D eigenvalue weighted by Crippen LogP contribution is 2.51. The Balaban J connectivity index is 0.000000127. The van der Waals surface area contributed by atoms with Crippen LogP contribution in [0.25, 0.3) is 89.0 Å². The maximum Gasteiger partial charge on any atom is 0.0472 e. The van der Waals surface area contributed by atoms with E-state index in [1.54, 1.807) is 0 Å². The lowest BCUT2D eigenvalue weighted by atomic mass is 9.82. The van der Waals surface area contributed by atoms with Crippen LogP contribution in [0.15, 0.2) is 450 Å². The van der Waals surface area contributed by atoms with Crippen molar-refractivity contribution in [2.45, 2.75) is 19.3 Å². The van der Waals surface area contributed by atoms with Crippen molar-refractivity contribution in [2.75, 3.05) is 14.7 Å². The van der Waals surface area contributed by atoms with E-state index in [0.717, 1.165) is 64.6 Å². The fourth-order valence-electron chi connectivity index (χ4n) is 14.9. The summed E-state index contributed by atoms with van der Waals surface area (Å²) in [5, 5.41) is 0. The van der Waals surface area contributed by atoms with E-state index < -0.39 is 0 Å². The summed E-state index contributed by atoms with van der Waals surface area (Å²) in [5.74, 6) is 0. The molecule has 6 heteroatoms. The normalized spacial score (nSPS) is 11.5. The summed E-state index contributed by atoms with van der Waals surface area (Å²) in [6.45, 7) is 4.68. The summed E-state index contributed by atoms with van der Waals surface area (Å²) in [4.78, 5) is 6.97. The van der Waals surface area contributed by atoms with Gasteiger partial charge in [0.1, 0.15) is 0 Å². The Morgan fingerprint density at radius 1 is 0.162 bits per heavy atom. The first-order chi connectivity index (χ1) is 54.5. The van der Waals surface area contributed by atoms with Gasteiger partial charge in [-0.15, -0.1) is 0 Å². The van der Waals surface area contributed by atoms with Gasteiger partial charge in [-0.2, -0.15) is 0 Å². The third-order valence-electron chi connectivity index (χ3n) is 20.6. The molecule has 534 valence electrons. The summed E-state index contributed by atoms with van der Waals surface area (Å²) in [7, 11) is 0. The SMILES string of the molecule is Brc1cccc(-c2ccc(N(c3ccc(-c4ccccc4)cc3)c3ccc(-c4ccccc4)cc3)cc2)c1.Brc1cccc(N(c2ccc(-c3ccccc3)cc2)c2ccc(-c3ccccc3)cc2)c1.CC1(C)c2ccccc2-c2ccc(N(c3ccc(-c4ccccc4)cc3)c3ccc(-c4cccc(Br)c4)cc3)cc21. The van der Waals surface area contributed by atoms with E-state index >= 15 is 0 Å². The Kier molecular flexibility index (Phi) is 22.0. The first kappa shape index (κ1) is 72.8. The van der Waals surface area contributed by atoms with Crippen molar-refractivity contribution >= 4 is 99.0 Å². The molecule has 18 rings (SSSR count). The molecule has 0 unspecified atom stereocenters. The number of benzene rings is 17. The van der Waals surface area contributed by atoms with Gasteiger partial charge >= 0.3 is 0 Å². The van der Waals surface area contributed by atoms with Gasteiger partial charge in [-0.25, -0.2) is 0 Å². The number of halogens is 3. The minimum atomic E-state index is -0.0602. The molecule has 0 saturated carbocycles. The topological polar surface area (TPSA) is 9.72 Å². The lowest BCUT2D eigenvalue weighted by Crippen LogP contribution is -2.16. The van der Waals surface area contributed by atoms with Gasteiger partial charge in [-0.05, 0) is 240 Å². The van der Waals surface area contributed by atoms with E-state index in [-0.39, 0.29) is 5.41 Å². The molecule has 0 heterocycles. The monoisotopic (exact) mass is 1620 g/mol. The Morgan fingerprint density at radius 3 is 0.676 bits per heavy atom. The summed E-state index contributed by atoms with van der Waals surface area (Å²) in [6.07, 6.45) is 0. The molecule has 17 aromatic rings. The molecule has 0 bridgehead atoms. The maximum atomic E-state index is 3.63. The number of hydrogen-bond acceptors (Lipinski definition) is 3. The van der Waals surface area contributed by atoms with E-state index in [0.29, 0.717) is 0 Å². The van der Waals surface area contributed by atoms with Crippen molar-refractivity contribution in [3.63, 3.8) is 0 Å². The van der Waals surface area contributed by atoms with Crippen LogP contribution in [0.5, 0.6) is 0 Å². The molecule has 111 heavy (non-hydrogen) atoms. The highest BCUT2D eigenvalue weighted by atomic mass is 79.9. The lowest BCUT2D eigenvalue weighted by Gasteiger charge is -2.28. The quantitative estimate of drug-likeness (QED) is 0.0955. The Hall–Kier alpha value is -12.4. The molecule has 0 aliphatic heterocycles. The van der Waals surface area contributed by atoms with Crippen molar-refractivity contribution in [3.8, 4) is 89.0 Å². The molecular formula is C105H78Br3N3. The molecule has 0 amide bonds. The van der Waals surface area contributed by atoms with E-state index in [2.05, 4.69) is 501 Å². The number of nitrogens with zero attached hydrogens (tertiary/aromatic N) is 3. The second-order valence-electron chi connectivity index (χ2n) is 28.1.